The molecule has 3 N–H and O–H groups in total. The average molecular weight is 505 g/mol. The van der Waals surface area contributed by atoms with Crippen molar-refractivity contribution in [2.24, 2.45) is 0 Å². The fourth-order valence-electron chi connectivity index (χ4n) is 4.98. The second-order valence-electron chi connectivity index (χ2n) is 9.71. The van der Waals surface area contributed by atoms with Crippen molar-refractivity contribution in [2.75, 3.05) is 33.3 Å². The summed E-state index contributed by atoms with van der Waals surface area (Å²) in [7, 11) is 1.54. The third-order valence-electron chi connectivity index (χ3n) is 7.11. The summed E-state index contributed by atoms with van der Waals surface area (Å²) < 4.78 is 5.51. The Balaban J connectivity index is 1.41. The van der Waals surface area contributed by atoms with E-state index in [0.29, 0.717) is 54.7 Å². The average Bonchev–Trinajstić information content (AvgIpc) is 3.58. The number of hydrogen-bond acceptors (Lipinski definition) is 5. The van der Waals surface area contributed by atoms with Gasteiger partial charge in [-0.3, -0.25) is 15.6 Å². The van der Waals surface area contributed by atoms with Gasteiger partial charge in [-0.1, -0.05) is 18.7 Å². The third-order valence-corrected chi connectivity index (χ3v) is 7.11. The highest BCUT2D eigenvalue weighted by Gasteiger charge is 2.28. The molecule has 0 atom stereocenters. The maximum atomic E-state index is 13.1. The van der Waals surface area contributed by atoms with Crippen LogP contribution in [0.3, 0.4) is 0 Å². The van der Waals surface area contributed by atoms with E-state index in [1.165, 1.54) is 0 Å². The van der Waals surface area contributed by atoms with Crippen LogP contribution in [0.1, 0.15) is 54.1 Å². The zero-order chi connectivity index (χ0) is 26.5. The molecule has 9 nitrogen and oxygen atoms in total. The second kappa shape index (κ2) is 11.5. The minimum atomic E-state index is -0.337. The van der Waals surface area contributed by atoms with E-state index in [0.717, 1.165) is 55.5 Å². The Bertz CT molecular complexity index is 1180. The van der Waals surface area contributed by atoms with Crippen LogP contribution in [0.15, 0.2) is 48.2 Å². The van der Waals surface area contributed by atoms with Gasteiger partial charge in [0.2, 0.25) is 0 Å². The number of amides is 3. The van der Waals surface area contributed by atoms with Gasteiger partial charge in [0.25, 0.3) is 5.91 Å². The number of likely N-dealkylation sites (tertiary alicyclic amines) is 2. The van der Waals surface area contributed by atoms with Gasteiger partial charge in [-0.25, -0.2) is 4.79 Å². The molecule has 9 heteroatoms. The van der Waals surface area contributed by atoms with Crippen LogP contribution in [-0.2, 0) is 13.0 Å². The Kier molecular flexibility index (Phi) is 8.11. The van der Waals surface area contributed by atoms with Crippen molar-refractivity contribution >= 4 is 23.6 Å². The molecule has 1 aromatic rings. The van der Waals surface area contributed by atoms with E-state index in [1.54, 1.807) is 30.2 Å². The second-order valence-corrected chi connectivity index (χ2v) is 9.71. The summed E-state index contributed by atoms with van der Waals surface area (Å²) in [6, 6.07) is 3.79. The van der Waals surface area contributed by atoms with Crippen molar-refractivity contribution in [2.45, 2.75) is 45.6 Å². The highest BCUT2D eigenvalue weighted by atomic mass is 16.5. The van der Waals surface area contributed by atoms with Gasteiger partial charge in [-0.15, -0.1) is 0 Å². The molecule has 0 spiro atoms. The van der Waals surface area contributed by atoms with Crippen LogP contribution in [0.5, 0.6) is 5.75 Å². The molecule has 0 aromatic heterocycles. The molecule has 4 rings (SSSR count). The summed E-state index contributed by atoms with van der Waals surface area (Å²) in [5.41, 5.74) is 3.57. The molecular formula is C28H36N6O3. The summed E-state index contributed by atoms with van der Waals surface area (Å²) in [6.45, 7) is 9.20. The molecule has 3 amide bonds. The van der Waals surface area contributed by atoms with Gasteiger partial charge in [0.15, 0.2) is 0 Å². The highest BCUT2D eigenvalue weighted by molar-refractivity contribution is 6.07. The number of rotatable bonds is 6. The Labute approximate surface area is 218 Å². The minimum Gasteiger partial charge on any atom is -0.496 e. The molecule has 0 unspecified atom stereocenters. The van der Waals surface area contributed by atoms with Gasteiger partial charge in [0.1, 0.15) is 17.4 Å². The summed E-state index contributed by atoms with van der Waals surface area (Å²) in [5.74, 6) is 0.944. The standard InChI is InChI=1S/C28H36N6O3/c1-19(26(30)34-14-7-10-25(34)29)8-6-9-20(2)31-27(35)23-16-22-18-33(28(36)32-12-4-5-13-32)15-11-21(22)17-24(23)37-3/h6,8-9,16-17,29-30H,2,4-5,7,10-15,18H2,1,3H3,(H,31,35)/b9-6-,19-8+,29-25?,30-26?. The van der Waals surface area contributed by atoms with Crippen molar-refractivity contribution in [3.05, 3.63) is 64.9 Å². The normalized spacial score (nSPS) is 17.8. The van der Waals surface area contributed by atoms with E-state index in [9.17, 15) is 9.59 Å². The first-order chi connectivity index (χ1) is 17.8. The first-order valence-electron chi connectivity index (χ1n) is 12.8. The Morgan fingerprint density at radius 3 is 2.49 bits per heavy atom. The van der Waals surface area contributed by atoms with Gasteiger partial charge in [-0.2, -0.15) is 0 Å². The van der Waals surface area contributed by atoms with Crippen molar-refractivity contribution < 1.29 is 14.3 Å². The Morgan fingerprint density at radius 1 is 1.05 bits per heavy atom. The van der Waals surface area contributed by atoms with Crippen molar-refractivity contribution in [3.63, 3.8) is 0 Å². The number of nitrogens with one attached hydrogen (secondary N) is 3. The van der Waals surface area contributed by atoms with Crippen LogP contribution in [0.25, 0.3) is 0 Å². The van der Waals surface area contributed by atoms with Crippen LogP contribution in [0.2, 0.25) is 0 Å². The summed E-state index contributed by atoms with van der Waals surface area (Å²) in [4.78, 5) is 31.5. The fraction of sp³-hybridized carbons (Fsp3) is 0.429. The first-order valence-corrected chi connectivity index (χ1v) is 12.8. The number of benzene rings is 1. The molecule has 0 radical (unpaired) electrons. The van der Waals surface area contributed by atoms with Gasteiger partial charge in [0.05, 0.1) is 12.7 Å². The SMILES string of the molecule is C=C(/C=C\C=C(/C)C(=N)N1CCCC1=N)NC(=O)c1cc2c(cc1OC)CCN(C(=O)N1CCCC1)C2. The van der Waals surface area contributed by atoms with Gasteiger partial charge < -0.3 is 24.8 Å². The molecule has 3 aliphatic heterocycles. The predicted octanol–water partition coefficient (Wildman–Crippen LogP) is 4.07. The predicted molar refractivity (Wildman–Crippen MR) is 144 cm³/mol. The molecule has 0 bridgehead atoms. The number of amidine groups is 2. The number of urea groups is 1. The highest BCUT2D eigenvalue weighted by Crippen LogP contribution is 2.29. The Morgan fingerprint density at radius 2 is 1.81 bits per heavy atom. The van der Waals surface area contributed by atoms with Crippen LogP contribution in [0.4, 0.5) is 4.79 Å². The van der Waals surface area contributed by atoms with Crippen LogP contribution in [0, 0.1) is 10.8 Å². The maximum Gasteiger partial charge on any atom is 0.320 e. The molecule has 0 saturated carbocycles. The first kappa shape index (κ1) is 26.2. The van der Waals surface area contributed by atoms with E-state index in [4.69, 9.17) is 15.6 Å². The van der Waals surface area contributed by atoms with E-state index >= 15 is 0 Å². The number of carbonyl (C=O) groups is 2. The molecule has 0 aliphatic carbocycles. The van der Waals surface area contributed by atoms with E-state index in [2.05, 4.69) is 11.9 Å². The van der Waals surface area contributed by atoms with Crippen molar-refractivity contribution in [1.29, 1.82) is 10.8 Å². The third kappa shape index (κ3) is 5.93. The molecule has 196 valence electrons. The lowest BCUT2D eigenvalue weighted by Crippen LogP contribution is -2.44. The zero-order valence-corrected chi connectivity index (χ0v) is 21.7. The van der Waals surface area contributed by atoms with Gasteiger partial charge >= 0.3 is 6.03 Å². The van der Waals surface area contributed by atoms with Crippen molar-refractivity contribution in [1.82, 2.24) is 20.0 Å². The largest absolute Gasteiger partial charge is 0.496 e. The van der Waals surface area contributed by atoms with Crippen LogP contribution < -0.4 is 10.1 Å². The lowest BCUT2D eigenvalue weighted by atomic mass is 9.96. The number of fused-ring (bicyclic) bond motifs is 1. The fourth-order valence-corrected chi connectivity index (χ4v) is 4.98. The van der Waals surface area contributed by atoms with E-state index < -0.39 is 0 Å². The summed E-state index contributed by atoms with van der Waals surface area (Å²) in [6.07, 6.45) is 9.61. The Hall–Kier alpha value is -3.88. The number of nitrogens with zero attached hydrogens (tertiary/aromatic N) is 3. The number of allylic oxidation sites excluding steroid dienone is 3. The lowest BCUT2D eigenvalue weighted by Gasteiger charge is -2.32. The van der Waals surface area contributed by atoms with Gasteiger partial charge in [0, 0.05) is 44.8 Å². The molecule has 1 aromatic carbocycles. The van der Waals surface area contributed by atoms with E-state index in [-0.39, 0.29) is 11.9 Å². The summed E-state index contributed by atoms with van der Waals surface area (Å²) >= 11 is 0. The topological polar surface area (TPSA) is 113 Å². The number of carbonyl (C=O) groups excluding carboxylic acids is 2. The van der Waals surface area contributed by atoms with Crippen molar-refractivity contribution in [3.8, 4) is 5.75 Å². The molecular weight excluding hydrogens is 468 g/mol. The van der Waals surface area contributed by atoms with Crippen LogP contribution >= 0.6 is 0 Å². The molecule has 2 fully saturated rings. The lowest BCUT2D eigenvalue weighted by molar-refractivity contribution is 0.0964. The number of hydrogen-bond donors (Lipinski definition) is 3. The zero-order valence-electron chi connectivity index (χ0n) is 21.7. The van der Waals surface area contributed by atoms with Crippen LogP contribution in [-0.4, -0.2) is 71.6 Å². The van der Waals surface area contributed by atoms with Gasteiger partial charge in [-0.05, 0) is 67.5 Å². The molecule has 2 saturated heterocycles. The van der Waals surface area contributed by atoms with E-state index in [1.807, 2.05) is 28.9 Å². The number of ether oxygens (including phenoxy) is 1. The summed E-state index contributed by atoms with van der Waals surface area (Å²) in [5, 5.41) is 19.0. The quantitative estimate of drug-likeness (QED) is 0.308. The molecule has 37 heavy (non-hydrogen) atoms. The minimum absolute atomic E-state index is 0.0708. The smallest absolute Gasteiger partial charge is 0.320 e. The monoisotopic (exact) mass is 504 g/mol. The maximum absolute atomic E-state index is 13.1. The molecule has 3 aliphatic rings. The molecule has 3 heterocycles. The number of methoxy groups -OCH3 is 1.